The SMILES string of the molecule is Cc1cccc(Nc2cc3c(cn2)c(=O)cc(Nc2ccccc2)n3-c2ccccc2)c1. The Morgan fingerprint density at radius 2 is 1.47 bits per heavy atom. The highest BCUT2D eigenvalue weighted by atomic mass is 16.1. The third kappa shape index (κ3) is 3.96. The van der Waals surface area contributed by atoms with Crippen LogP contribution in [0.2, 0.25) is 0 Å². The zero-order valence-corrected chi connectivity index (χ0v) is 17.6. The molecule has 5 nitrogen and oxygen atoms in total. The molecule has 0 spiro atoms. The number of nitrogens with zero attached hydrogens (tertiary/aromatic N) is 2. The van der Waals surface area contributed by atoms with Gasteiger partial charge in [-0.15, -0.1) is 0 Å². The van der Waals surface area contributed by atoms with Gasteiger partial charge in [0, 0.05) is 35.4 Å². The molecule has 0 bridgehead atoms. The van der Waals surface area contributed by atoms with Crippen LogP contribution in [0.1, 0.15) is 5.56 Å². The van der Waals surface area contributed by atoms with Crippen molar-refractivity contribution in [2.24, 2.45) is 0 Å². The van der Waals surface area contributed by atoms with Crippen molar-refractivity contribution in [2.75, 3.05) is 10.6 Å². The van der Waals surface area contributed by atoms with E-state index in [4.69, 9.17) is 0 Å². The summed E-state index contributed by atoms with van der Waals surface area (Å²) in [5, 5.41) is 7.32. The van der Waals surface area contributed by atoms with Crippen LogP contribution >= 0.6 is 0 Å². The second-order valence-electron chi connectivity index (χ2n) is 7.64. The minimum Gasteiger partial charge on any atom is -0.341 e. The van der Waals surface area contributed by atoms with Gasteiger partial charge in [-0.05, 0) is 48.9 Å². The summed E-state index contributed by atoms with van der Waals surface area (Å²) in [7, 11) is 0. The van der Waals surface area contributed by atoms with E-state index >= 15 is 0 Å². The molecule has 0 atom stereocenters. The standard InChI is InChI=1S/C27H22N4O/c1-19-9-8-12-21(15-19)29-26-16-24-23(18-28-26)25(32)17-27(30-20-10-4-2-5-11-20)31(24)22-13-6-3-7-14-22/h2-18,30H,1H3,(H,28,29). The number of hydrogen-bond acceptors (Lipinski definition) is 4. The van der Waals surface area contributed by atoms with Gasteiger partial charge in [0.1, 0.15) is 11.6 Å². The minimum atomic E-state index is -0.0831. The fraction of sp³-hybridized carbons (Fsp3) is 0.0370. The van der Waals surface area contributed by atoms with Gasteiger partial charge < -0.3 is 10.6 Å². The molecule has 0 fully saturated rings. The van der Waals surface area contributed by atoms with Gasteiger partial charge in [-0.25, -0.2) is 4.98 Å². The Morgan fingerprint density at radius 1 is 0.750 bits per heavy atom. The van der Waals surface area contributed by atoms with Crippen molar-refractivity contribution in [2.45, 2.75) is 6.92 Å². The van der Waals surface area contributed by atoms with Crippen molar-refractivity contribution in [1.29, 1.82) is 0 Å². The highest BCUT2D eigenvalue weighted by Crippen LogP contribution is 2.27. The van der Waals surface area contributed by atoms with Crippen LogP contribution in [0.4, 0.5) is 23.0 Å². The van der Waals surface area contributed by atoms with E-state index in [1.807, 2.05) is 96.4 Å². The summed E-state index contributed by atoms with van der Waals surface area (Å²) in [5.41, 5.74) is 4.65. The van der Waals surface area contributed by atoms with Crippen molar-refractivity contribution < 1.29 is 0 Å². The van der Waals surface area contributed by atoms with Crippen molar-refractivity contribution >= 4 is 33.9 Å². The maximum atomic E-state index is 13.0. The summed E-state index contributed by atoms with van der Waals surface area (Å²) in [6.07, 6.45) is 1.64. The number of nitrogens with one attached hydrogen (secondary N) is 2. The molecule has 5 aromatic rings. The Bertz CT molecular complexity index is 1440. The molecule has 3 aromatic carbocycles. The molecule has 2 heterocycles. The largest absolute Gasteiger partial charge is 0.341 e. The molecule has 2 aromatic heterocycles. The highest BCUT2D eigenvalue weighted by molar-refractivity contribution is 5.86. The fourth-order valence-corrected chi connectivity index (χ4v) is 3.77. The van der Waals surface area contributed by atoms with Crippen molar-refractivity contribution in [3.8, 4) is 5.69 Å². The molecule has 5 heteroatoms. The number of pyridine rings is 2. The molecular formula is C27H22N4O. The number of rotatable bonds is 5. The number of fused-ring (bicyclic) bond motifs is 1. The van der Waals surface area contributed by atoms with Crippen LogP contribution in [-0.2, 0) is 0 Å². The number of benzene rings is 3. The van der Waals surface area contributed by atoms with Crippen LogP contribution in [0, 0.1) is 6.92 Å². The summed E-state index contributed by atoms with van der Waals surface area (Å²) in [6.45, 7) is 2.05. The van der Waals surface area contributed by atoms with E-state index in [0.29, 0.717) is 17.0 Å². The monoisotopic (exact) mass is 418 g/mol. The molecule has 0 aliphatic heterocycles. The smallest absolute Gasteiger partial charge is 0.193 e. The average molecular weight is 419 g/mol. The van der Waals surface area contributed by atoms with Crippen LogP contribution in [0.5, 0.6) is 0 Å². The molecule has 32 heavy (non-hydrogen) atoms. The first-order valence-corrected chi connectivity index (χ1v) is 10.4. The van der Waals surface area contributed by atoms with Crippen molar-refractivity contribution in [3.63, 3.8) is 0 Å². The molecule has 156 valence electrons. The lowest BCUT2D eigenvalue weighted by atomic mass is 10.2. The molecular weight excluding hydrogens is 396 g/mol. The zero-order chi connectivity index (χ0) is 21.9. The Morgan fingerprint density at radius 3 is 2.22 bits per heavy atom. The van der Waals surface area contributed by atoms with E-state index in [-0.39, 0.29) is 5.43 Å². The normalized spacial score (nSPS) is 10.8. The quantitative estimate of drug-likeness (QED) is 0.358. The Kier molecular flexibility index (Phi) is 5.14. The van der Waals surface area contributed by atoms with Crippen LogP contribution in [0.15, 0.2) is 108 Å². The summed E-state index contributed by atoms with van der Waals surface area (Å²) in [6, 6.07) is 31.5. The van der Waals surface area contributed by atoms with E-state index in [1.165, 1.54) is 0 Å². The lowest BCUT2D eigenvalue weighted by Crippen LogP contribution is -2.13. The molecule has 0 unspecified atom stereocenters. The molecule has 0 aliphatic carbocycles. The second-order valence-corrected chi connectivity index (χ2v) is 7.64. The number of para-hydroxylation sites is 2. The predicted octanol–water partition coefficient (Wildman–Crippen LogP) is 6.18. The van der Waals surface area contributed by atoms with Gasteiger partial charge in [-0.3, -0.25) is 9.36 Å². The lowest BCUT2D eigenvalue weighted by Gasteiger charge is -2.19. The van der Waals surface area contributed by atoms with E-state index in [2.05, 4.69) is 21.7 Å². The molecule has 0 amide bonds. The van der Waals surface area contributed by atoms with Crippen LogP contribution in [0.25, 0.3) is 16.6 Å². The number of hydrogen-bond donors (Lipinski definition) is 2. The first-order valence-electron chi connectivity index (χ1n) is 10.4. The number of aryl methyl sites for hydroxylation is 1. The zero-order valence-electron chi connectivity index (χ0n) is 17.6. The Hall–Kier alpha value is -4.38. The van der Waals surface area contributed by atoms with Crippen molar-refractivity contribution in [3.05, 3.63) is 119 Å². The van der Waals surface area contributed by atoms with Gasteiger partial charge in [-0.1, -0.05) is 48.5 Å². The molecule has 0 radical (unpaired) electrons. The fourth-order valence-electron chi connectivity index (χ4n) is 3.77. The van der Waals surface area contributed by atoms with E-state index in [9.17, 15) is 4.79 Å². The maximum absolute atomic E-state index is 13.0. The Labute approximate surface area is 186 Å². The van der Waals surface area contributed by atoms with Gasteiger partial charge in [0.05, 0.1) is 10.9 Å². The summed E-state index contributed by atoms with van der Waals surface area (Å²) >= 11 is 0. The predicted molar refractivity (Wildman–Crippen MR) is 132 cm³/mol. The maximum Gasteiger partial charge on any atom is 0.193 e. The van der Waals surface area contributed by atoms with Gasteiger partial charge in [0.25, 0.3) is 0 Å². The number of anilines is 4. The van der Waals surface area contributed by atoms with Crippen molar-refractivity contribution in [1.82, 2.24) is 9.55 Å². The first-order chi connectivity index (χ1) is 15.7. The number of aromatic nitrogens is 2. The second kappa shape index (κ2) is 8.40. The third-order valence-electron chi connectivity index (χ3n) is 5.25. The van der Waals surface area contributed by atoms with E-state index < -0.39 is 0 Å². The average Bonchev–Trinajstić information content (AvgIpc) is 2.80. The van der Waals surface area contributed by atoms with Crippen LogP contribution in [-0.4, -0.2) is 9.55 Å². The van der Waals surface area contributed by atoms with Gasteiger partial charge >= 0.3 is 0 Å². The van der Waals surface area contributed by atoms with Gasteiger partial charge in [0.15, 0.2) is 5.43 Å². The Balaban J connectivity index is 1.70. The highest BCUT2D eigenvalue weighted by Gasteiger charge is 2.13. The van der Waals surface area contributed by atoms with Crippen LogP contribution < -0.4 is 16.1 Å². The van der Waals surface area contributed by atoms with E-state index in [1.54, 1.807) is 12.3 Å². The molecule has 5 rings (SSSR count). The van der Waals surface area contributed by atoms with Crippen LogP contribution in [0.3, 0.4) is 0 Å². The topological polar surface area (TPSA) is 59.0 Å². The molecule has 2 N–H and O–H groups in total. The first kappa shape index (κ1) is 19.6. The molecule has 0 aliphatic rings. The summed E-state index contributed by atoms with van der Waals surface area (Å²) < 4.78 is 2.05. The lowest BCUT2D eigenvalue weighted by molar-refractivity contribution is 1.10. The van der Waals surface area contributed by atoms with E-state index in [0.717, 1.165) is 28.1 Å². The summed E-state index contributed by atoms with van der Waals surface area (Å²) in [5.74, 6) is 1.36. The third-order valence-corrected chi connectivity index (χ3v) is 5.25. The van der Waals surface area contributed by atoms with Gasteiger partial charge in [-0.2, -0.15) is 0 Å². The van der Waals surface area contributed by atoms with Gasteiger partial charge in [0.2, 0.25) is 0 Å². The summed E-state index contributed by atoms with van der Waals surface area (Å²) in [4.78, 5) is 17.5. The minimum absolute atomic E-state index is 0.0831. The molecule has 0 saturated carbocycles. The molecule has 0 saturated heterocycles.